The fourth-order valence-corrected chi connectivity index (χ4v) is 0.704. The Kier molecular flexibility index (Phi) is 1.76. The highest BCUT2D eigenvalue weighted by molar-refractivity contribution is 5.83. The highest BCUT2D eigenvalue weighted by Gasteiger charge is 2.03. The third kappa shape index (κ3) is 1.14. The molecule has 1 aromatic heterocycles. The third-order valence-corrected chi connectivity index (χ3v) is 1.49. The van der Waals surface area contributed by atoms with Crippen LogP contribution in [0.25, 0.3) is 0 Å². The van der Waals surface area contributed by atoms with Crippen molar-refractivity contribution in [2.24, 2.45) is 0 Å². The van der Waals surface area contributed by atoms with Gasteiger partial charge in [0, 0.05) is 5.56 Å². The number of nitrogens with one attached hydrogen (secondary N) is 1. The van der Waals surface area contributed by atoms with E-state index in [2.05, 4.69) is 0 Å². The summed E-state index contributed by atoms with van der Waals surface area (Å²) in [5, 5.41) is 7.17. The number of anilines is 1. The second-order valence-electron chi connectivity index (χ2n) is 2.18. The fourth-order valence-electron chi connectivity index (χ4n) is 0.704. The molecule has 0 aliphatic carbocycles. The lowest BCUT2D eigenvalue weighted by Gasteiger charge is -1.99. The van der Waals surface area contributed by atoms with Gasteiger partial charge in [-0.05, 0) is 6.92 Å². The van der Waals surface area contributed by atoms with Crippen molar-refractivity contribution in [1.29, 1.82) is 5.41 Å². The van der Waals surface area contributed by atoms with Crippen molar-refractivity contribution in [3.05, 3.63) is 22.9 Å². The predicted octanol–water partition coefficient (Wildman–Crippen LogP) is 0.462. The number of carbonyl (C=O) groups excluding carboxylic acids is 1. The van der Waals surface area contributed by atoms with Crippen LogP contribution in [0.2, 0.25) is 0 Å². The number of hydrogen-bond acceptors (Lipinski definition) is 4. The van der Waals surface area contributed by atoms with Gasteiger partial charge in [-0.1, -0.05) is 0 Å². The van der Waals surface area contributed by atoms with Crippen molar-refractivity contribution >= 4 is 12.0 Å². The van der Waals surface area contributed by atoms with Crippen LogP contribution in [0.1, 0.15) is 15.9 Å². The van der Waals surface area contributed by atoms with E-state index in [1.165, 1.54) is 6.26 Å². The van der Waals surface area contributed by atoms with Gasteiger partial charge < -0.3 is 10.2 Å². The molecule has 0 amide bonds. The van der Waals surface area contributed by atoms with Crippen molar-refractivity contribution in [2.75, 3.05) is 5.73 Å². The molecule has 11 heavy (non-hydrogen) atoms. The minimum atomic E-state index is -0.00639. The van der Waals surface area contributed by atoms with Gasteiger partial charge in [-0.15, -0.1) is 0 Å². The Hall–Kier alpha value is -1.58. The van der Waals surface area contributed by atoms with Crippen LogP contribution >= 0.6 is 0 Å². The summed E-state index contributed by atoms with van der Waals surface area (Å²) in [6, 6.07) is 0. The molecule has 0 bridgehead atoms. The SMILES string of the molecule is Cc1c(N)c(C=O)coc1=N. The summed E-state index contributed by atoms with van der Waals surface area (Å²) in [7, 11) is 0. The molecule has 0 spiro atoms. The first-order valence-corrected chi connectivity index (χ1v) is 3.04. The monoisotopic (exact) mass is 152 g/mol. The van der Waals surface area contributed by atoms with Crippen LogP contribution in [-0.2, 0) is 0 Å². The fraction of sp³-hybridized carbons (Fsp3) is 0.143. The smallest absolute Gasteiger partial charge is 0.216 e. The summed E-state index contributed by atoms with van der Waals surface area (Å²) in [5.41, 5.74) is 6.58. The maximum Gasteiger partial charge on any atom is 0.216 e. The van der Waals surface area contributed by atoms with Gasteiger partial charge in [-0.2, -0.15) is 0 Å². The topological polar surface area (TPSA) is 80.1 Å². The predicted molar refractivity (Wildman–Crippen MR) is 39.1 cm³/mol. The summed E-state index contributed by atoms with van der Waals surface area (Å²) in [6.45, 7) is 1.63. The lowest BCUT2D eigenvalue weighted by molar-refractivity contribution is 0.112. The minimum absolute atomic E-state index is 0.00639. The maximum atomic E-state index is 10.3. The maximum absolute atomic E-state index is 10.3. The number of rotatable bonds is 1. The van der Waals surface area contributed by atoms with Crippen LogP contribution < -0.4 is 11.3 Å². The van der Waals surface area contributed by atoms with Gasteiger partial charge in [-0.25, -0.2) is 0 Å². The van der Waals surface area contributed by atoms with Crippen LogP contribution in [0.4, 0.5) is 5.69 Å². The average Bonchev–Trinajstić information content (AvgIpc) is 2.01. The molecule has 0 saturated heterocycles. The summed E-state index contributed by atoms with van der Waals surface area (Å²) in [4.78, 5) is 10.3. The van der Waals surface area contributed by atoms with Crippen LogP contribution in [0.5, 0.6) is 0 Å². The van der Waals surface area contributed by atoms with E-state index in [1.54, 1.807) is 6.92 Å². The Labute approximate surface area is 63.2 Å². The standard InChI is InChI=1S/C7H8N2O2/c1-4-6(8)5(2-10)3-11-7(4)9/h2-3,9H,8H2,1H3. The molecule has 1 aromatic rings. The largest absolute Gasteiger partial charge is 0.446 e. The van der Waals surface area contributed by atoms with Crippen LogP contribution in [0, 0.1) is 12.3 Å². The quantitative estimate of drug-likeness (QED) is 0.574. The highest BCUT2D eigenvalue weighted by atomic mass is 16.3. The molecule has 0 radical (unpaired) electrons. The summed E-state index contributed by atoms with van der Waals surface area (Å²) < 4.78 is 4.72. The van der Waals surface area contributed by atoms with Crippen molar-refractivity contribution in [3.63, 3.8) is 0 Å². The Balaban J connectivity index is 3.48. The summed E-state index contributed by atoms with van der Waals surface area (Å²) in [6.07, 6.45) is 1.78. The molecular weight excluding hydrogens is 144 g/mol. The zero-order valence-electron chi connectivity index (χ0n) is 6.05. The molecule has 0 aromatic carbocycles. The van der Waals surface area contributed by atoms with Crippen molar-refractivity contribution in [1.82, 2.24) is 0 Å². The summed E-state index contributed by atoms with van der Waals surface area (Å²) in [5.74, 6) is 0. The normalized spacial score (nSPS) is 9.55. The minimum Gasteiger partial charge on any atom is -0.446 e. The van der Waals surface area contributed by atoms with Gasteiger partial charge in [0.25, 0.3) is 0 Å². The second kappa shape index (κ2) is 2.57. The molecule has 0 saturated carbocycles. The molecule has 1 rings (SSSR count). The van der Waals surface area contributed by atoms with Crippen LogP contribution in [-0.4, -0.2) is 6.29 Å². The molecule has 0 fully saturated rings. The van der Waals surface area contributed by atoms with Gasteiger partial charge in [0.1, 0.15) is 6.26 Å². The molecule has 58 valence electrons. The molecule has 3 N–H and O–H groups in total. The zero-order valence-corrected chi connectivity index (χ0v) is 6.05. The van der Waals surface area contributed by atoms with Crippen LogP contribution in [0.3, 0.4) is 0 Å². The summed E-state index contributed by atoms with van der Waals surface area (Å²) >= 11 is 0. The van der Waals surface area contributed by atoms with E-state index in [4.69, 9.17) is 15.6 Å². The zero-order chi connectivity index (χ0) is 8.43. The molecule has 0 atom stereocenters. The second-order valence-corrected chi connectivity index (χ2v) is 2.18. The molecule has 4 heteroatoms. The third-order valence-electron chi connectivity index (χ3n) is 1.49. The average molecular weight is 152 g/mol. The van der Waals surface area contributed by atoms with E-state index in [0.717, 1.165) is 0 Å². The number of nitrogens with two attached hydrogens (primary N) is 1. The molecular formula is C7H8N2O2. The number of hydrogen-bond donors (Lipinski definition) is 2. The van der Waals surface area contributed by atoms with Crippen molar-refractivity contribution in [3.8, 4) is 0 Å². The Morgan fingerprint density at radius 2 is 2.36 bits per heavy atom. The van der Waals surface area contributed by atoms with E-state index in [1.807, 2.05) is 0 Å². The molecule has 4 nitrogen and oxygen atoms in total. The van der Waals surface area contributed by atoms with E-state index in [9.17, 15) is 4.79 Å². The Morgan fingerprint density at radius 3 is 2.91 bits per heavy atom. The Bertz CT molecular complexity index is 341. The van der Waals surface area contributed by atoms with Gasteiger partial charge >= 0.3 is 0 Å². The van der Waals surface area contributed by atoms with Crippen LogP contribution in [0.15, 0.2) is 10.7 Å². The van der Waals surface area contributed by atoms with Crippen molar-refractivity contribution in [2.45, 2.75) is 6.92 Å². The van der Waals surface area contributed by atoms with Crippen molar-refractivity contribution < 1.29 is 9.21 Å². The van der Waals surface area contributed by atoms with Gasteiger partial charge in [0.05, 0.1) is 11.3 Å². The van der Waals surface area contributed by atoms with Gasteiger partial charge in [-0.3, -0.25) is 10.2 Å². The molecule has 0 aliphatic rings. The first kappa shape index (κ1) is 7.53. The van der Waals surface area contributed by atoms with E-state index < -0.39 is 0 Å². The first-order valence-electron chi connectivity index (χ1n) is 3.04. The van der Waals surface area contributed by atoms with E-state index in [-0.39, 0.29) is 5.55 Å². The lowest BCUT2D eigenvalue weighted by atomic mass is 10.2. The molecule has 0 unspecified atom stereocenters. The van der Waals surface area contributed by atoms with E-state index >= 15 is 0 Å². The number of carbonyl (C=O) groups is 1. The molecule has 0 aliphatic heterocycles. The number of aldehydes is 1. The number of nitrogen functional groups attached to an aromatic ring is 1. The highest BCUT2D eigenvalue weighted by Crippen LogP contribution is 2.09. The lowest BCUT2D eigenvalue weighted by Crippen LogP contribution is -2.09. The van der Waals surface area contributed by atoms with Gasteiger partial charge in [0.15, 0.2) is 6.29 Å². The van der Waals surface area contributed by atoms with Gasteiger partial charge in [0.2, 0.25) is 5.55 Å². The van der Waals surface area contributed by atoms with E-state index in [0.29, 0.717) is 23.1 Å². The molecule has 1 heterocycles. The first-order chi connectivity index (χ1) is 5.16. The Morgan fingerprint density at radius 1 is 1.73 bits per heavy atom.